The van der Waals surface area contributed by atoms with Gasteiger partial charge in [-0.15, -0.1) is 0 Å². The lowest BCUT2D eigenvalue weighted by Crippen LogP contribution is -2.48. The van der Waals surface area contributed by atoms with E-state index in [2.05, 4.69) is 45.0 Å². The Morgan fingerprint density at radius 2 is 1.61 bits per heavy atom. The van der Waals surface area contributed by atoms with Crippen LogP contribution >= 0.6 is 0 Å². The Bertz CT molecular complexity index is 973. The molecule has 3 saturated heterocycles. The highest BCUT2D eigenvalue weighted by Crippen LogP contribution is 2.37. The zero-order valence-electron chi connectivity index (χ0n) is 19.1. The number of urea groups is 1. The Morgan fingerprint density at radius 1 is 0.909 bits per heavy atom. The highest BCUT2D eigenvalue weighted by atomic mass is 16.5. The van der Waals surface area contributed by atoms with Crippen LogP contribution < -0.4 is 0 Å². The van der Waals surface area contributed by atoms with Crippen LogP contribution in [0.4, 0.5) is 4.79 Å². The molecule has 2 amide bonds. The third-order valence-electron chi connectivity index (χ3n) is 7.43. The lowest BCUT2D eigenvalue weighted by atomic mass is 9.98. The molecule has 3 heterocycles. The number of ether oxygens (including phenoxy) is 1. The van der Waals surface area contributed by atoms with E-state index in [1.54, 1.807) is 0 Å². The number of carbonyl (C=O) groups is 1. The Balaban J connectivity index is 1.27. The third-order valence-corrected chi connectivity index (χ3v) is 7.43. The highest BCUT2D eigenvalue weighted by Gasteiger charge is 2.45. The molecule has 3 aliphatic rings. The molecule has 172 valence electrons. The second kappa shape index (κ2) is 9.94. The summed E-state index contributed by atoms with van der Waals surface area (Å²) in [5.41, 5.74) is 3.17. The topological polar surface area (TPSA) is 59.8 Å². The van der Waals surface area contributed by atoms with E-state index in [1.165, 1.54) is 11.1 Å². The summed E-state index contributed by atoms with van der Waals surface area (Å²) in [5.74, 6) is 0. The van der Waals surface area contributed by atoms with E-state index < -0.39 is 0 Å². The van der Waals surface area contributed by atoms with Crippen LogP contribution in [0.5, 0.6) is 0 Å². The number of carbonyl (C=O) groups excluding carboxylic acids is 1. The van der Waals surface area contributed by atoms with Gasteiger partial charge in [0.15, 0.2) is 0 Å². The van der Waals surface area contributed by atoms with Gasteiger partial charge in [0.25, 0.3) is 0 Å². The van der Waals surface area contributed by atoms with E-state index in [0.29, 0.717) is 11.6 Å². The normalized spacial score (nSPS) is 23.1. The van der Waals surface area contributed by atoms with Gasteiger partial charge in [-0.1, -0.05) is 42.5 Å². The number of likely N-dealkylation sites (tertiary alicyclic amines) is 1. The standard InChI is InChI=1S/C27H32N4O2/c28-18-21-6-8-22(9-7-21)19-29-14-10-25(11-15-29)31-26(23-4-2-1-3-5-23)20-30(27(31)32)24-12-16-33-17-13-24/h1-9,24-26H,10-17,19-20H2. The molecule has 0 aromatic heterocycles. The Morgan fingerprint density at radius 3 is 2.27 bits per heavy atom. The molecule has 1 atom stereocenters. The van der Waals surface area contributed by atoms with Crippen LogP contribution in [0.1, 0.15) is 48.4 Å². The minimum atomic E-state index is 0.122. The quantitative estimate of drug-likeness (QED) is 0.694. The van der Waals surface area contributed by atoms with Crippen LogP contribution in [-0.2, 0) is 11.3 Å². The van der Waals surface area contributed by atoms with E-state index in [1.807, 2.05) is 30.3 Å². The Labute approximate surface area is 196 Å². The lowest BCUT2D eigenvalue weighted by molar-refractivity contribution is 0.0493. The van der Waals surface area contributed by atoms with Gasteiger partial charge in [-0.05, 0) is 48.9 Å². The smallest absolute Gasteiger partial charge is 0.321 e. The van der Waals surface area contributed by atoms with Crippen molar-refractivity contribution in [3.05, 3.63) is 71.3 Å². The van der Waals surface area contributed by atoms with Crippen molar-refractivity contribution in [2.24, 2.45) is 0 Å². The van der Waals surface area contributed by atoms with Crippen LogP contribution in [0.15, 0.2) is 54.6 Å². The van der Waals surface area contributed by atoms with Gasteiger partial charge in [-0.25, -0.2) is 4.79 Å². The van der Waals surface area contributed by atoms with E-state index in [4.69, 9.17) is 10.00 Å². The fourth-order valence-corrected chi connectivity index (χ4v) is 5.59. The van der Waals surface area contributed by atoms with Gasteiger partial charge in [0, 0.05) is 51.5 Å². The van der Waals surface area contributed by atoms with Gasteiger partial charge in [0.1, 0.15) is 0 Å². The molecule has 1 unspecified atom stereocenters. The SMILES string of the molecule is N#Cc1ccc(CN2CCC(N3C(=O)N(C4CCOCC4)CC3c3ccccc3)CC2)cc1. The summed E-state index contributed by atoms with van der Waals surface area (Å²) in [6.45, 7) is 5.12. The highest BCUT2D eigenvalue weighted by molar-refractivity contribution is 5.78. The monoisotopic (exact) mass is 444 g/mol. The first-order valence-corrected chi connectivity index (χ1v) is 12.2. The second-order valence-corrected chi connectivity index (χ2v) is 9.43. The van der Waals surface area contributed by atoms with Crippen molar-refractivity contribution in [2.45, 2.75) is 50.4 Å². The summed E-state index contributed by atoms with van der Waals surface area (Å²) in [6, 6.07) is 21.5. The molecule has 0 saturated carbocycles. The average molecular weight is 445 g/mol. The first-order chi connectivity index (χ1) is 16.2. The lowest BCUT2D eigenvalue weighted by Gasteiger charge is -2.39. The van der Waals surface area contributed by atoms with Crippen LogP contribution in [0.2, 0.25) is 0 Å². The van der Waals surface area contributed by atoms with Gasteiger partial charge >= 0.3 is 6.03 Å². The van der Waals surface area contributed by atoms with Gasteiger partial charge < -0.3 is 14.5 Å². The molecule has 6 nitrogen and oxygen atoms in total. The number of amides is 2. The summed E-state index contributed by atoms with van der Waals surface area (Å²) in [4.78, 5) is 20.5. The molecular formula is C27H32N4O2. The van der Waals surface area contributed by atoms with Gasteiger partial charge in [-0.3, -0.25) is 4.90 Å². The molecule has 5 rings (SSSR count). The molecule has 0 spiro atoms. The van der Waals surface area contributed by atoms with E-state index in [-0.39, 0.29) is 18.1 Å². The van der Waals surface area contributed by atoms with Crippen molar-refractivity contribution in [3.63, 3.8) is 0 Å². The number of benzene rings is 2. The third kappa shape index (κ3) is 4.75. The number of hydrogen-bond acceptors (Lipinski definition) is 4. The average Bonchev–Trinajstić information content (AvgIpc) is 3.23. The maximum atomic E-state index is 13.7. The van der Waals surface area contributed by atoms with E-state index in [9.17, 15) is 4.79 Å². The zero-order valence-corrected chi connectivity index (χ0v) is 19.1. The first kappa shape index (κ1) is 21.9. The van der Waals surface area contributed by atoms with E-state index in [0.717, 1.165) is 65.1 Å². The Kier molecular flexibility index (Phi) is 6.61. The fraction of sp³-hybridized carbons (Fsp3) is 0.481. The minimum Gasteiger partial charge on any atom is -0.381 e. The Hall–Kier alpha value is -2.88. The molecule has 3 aliphatic heterocycles. The van der Waals surface area contributed by atoms with Crippen molar-refractivity contribution in [1.82, 2.24) is 14.7 Å². The van der Waals surface area contributed by atoms with Gasteiger partial charge in [-0.2, -0.15) is 5.26 Å². The van der Waals surface area contributed by atoms with Crippen LogP contribution in [-0.4, -0.2) is 65.7 Å². The van der Waals surface area contributed by atoms with Crippen LogP contribution in [0.3, 0.4) is 0 Å². The summed E-state index contributed by atoms with van der Waals surface area (Å²) in [6.07, 6.45) is 3.86. The van der Waals surface area contributed by atoms with Crippen molar-refractivity contribution in [1.29, 1.82) is 5.26 Å². The largest absolute Gasteiger partial charge is 0.381 e. The number of piperidine rings is 1. The number of hydrogen-bond donors (Lipinski definition) is 0. The van der Waals surface area contributed by atoms with Crippen molar-refractivity contribution < 1.29 is 9.53 Å². The van der Waals surface area contributed by atoms with E-state index >= 15 is 0 Å². The van der Waals surface area contributed by atoms with Crippen molar-refractivity contribution >= 4 is 6.03 Å². The van der Waals surface area contributed by atoms with Crippen LogP contribution in [0.25, 0.3) is 0 Å². The van der Waals surface area contributed by atoms with Gasteiger partial charge in [0.05, 0.1) is 17.7 Å². The first-order valence-electron chi connectivity index (χ1n) is 12.2. The second-order valence-electron chi connectivity index (χ2n) is 9.43. The minimum absolute atomic E-state index is 0.122. The van der Waals surface area contributed by atoms with Crippen LogP contribution in [0, 0.1) is 11.3 Å². The predicted molar refractivity (Wildman–Crippen MR) is 126 cm³/mol. The molecule has 2 aromatic rings. The van der Waals surface area contributed by atoms with Gasteiger partial charge in [0.2, 0.25) is 0 Å². The fourth-order valence-electron chi connectivity index (χ4n) is 5.59. The molecule has 0 N–H and O–H groups in total. The van der Waals surface area contributed by atoms with Crippen molar-refractivity contribution in [2.75, 3.05) is 32.8 Å². The molecule has 0 bridgehead atoms. The molecule has 0 aliphatic carbocycles. The predicted octanol–water partition coefficient (Wildman–Crippen LogP) is 4.18. The maximum Gasteiger partial charge on any atom is 0.321 e. The number of nitrogens with zero attached hydrogens (tertiary/aromatic N) is 4. The molecule has 2 aromatic carbocycles. The molecule has 33 heavy (non-hydrogen) atoms. The van der Waals surface area contributed by atoms with Crippen molar-refractivity contribution in [3.8, 4) is 6.07 Å². The maximum absolute atomic E-state index is 13.7. The number of nitriles is 1. The molecular weight excluding hydrogens is 412 g/mol. The molecule has 6 heteroatoms. The summed E-state index contributed by atoms with van der Waals surface area (Å²) < 4.78 is 5.55. The zero-order chi connectivity index (χ0) is 22.6. The molecule has 0 radical (unpaired) electrons. The summed E-state index contributed by atoms with van der Waals surface area (Å²) in [7, 11) is 0. The number of rotatable bonds is 5. The summed E-state index contributed by atoms with van der Waals surface area (Å²) >= 11 is 0. The summed E-state index contributed by atoms with van der Waals surface area (Å²) in [5, 5.41) is 9.01. The molecule has 3 fully saturated rings.